The number of nitrogens with zero attached hydrogens (tertiary/aromatic N) is 2. The number of carbonyl (C=O) groups excluding carboxylic acids is 1. The van der Waals surface area contributed by atoms with E-state index in [-0.39, 0.29) is 5.91 Å². The van der Waals surface area contributed by atoms with Crippen molar-refractivity contribution >= 4 is 28.6 Å². The second kappa shape index (κ2) is 5.58. The third-order valence-corrected chi connectivity index (χ3v) is 6.13. The standard InChI is InChI=1S/C18H20N2OS/c1-22-15-10-13-7-8-14(11-15)20(13)18(21)17-9-6-12-4-2-3-5-16(12)19-17/h2-6,9,13-15H,7-8,10-11H2,1H3. The molecule has 0 N–H and O–H groups in total. The highest BCUT2D eigenvalue weighted by molar-refractivity contribution is 7.99. The van der Waals surface area contributed by atoms with Crippen molar-refractivity contribution in [3.05, 3.63) is 42.1 Å². The quantitative estimate of drug-likeness (QED) is 0.847. The number of amides is 1. The topological polar surface area (TPSA) is 33.2 Å². The Morgan fingerprint density at radius 3 is 2.59 bits per heavy atom. The van der Waals surface area contributed by atoms with Crippen molar-refractivity contribution in [2.45, 2.75) is 43.0 Å². The molecule has 1 amide bonds. The molecule has 1 aromatic heterocycles. The monoisotopic (exact) mass is 312 g/mol. The Labute approximate surface area is 135 Å². The van der Waals surface area contributed by atoms with Gasteiger partial charge in [0.25, 0.3) is 5.91 Å². The number of carbonyl (C=O) groups is 1. The maximum Gasteiger partial charge on any atom is 0.272 e. The number of piperidine rings is 1. The predicted molar refractivity (Wildman–Crippen MR) is 91.3 cm³/mol. The van der Waals surface area contributed by atoms with E-state index in [1.165, 1.54) is 0 Å². The van der Waals surface area contributed by atoms with Crippen LogP contribution in [0.25, 0.3) is 10.9 Å². The van der Waals surface area contributed by atoms with Gasteiger partial charge in [-0.3, -0.25) is 4.79 Å². The van der Waals surface area contributed by atoms with Gasteiger partial charge in [0.15, 0.2) is 0 Å². The number of aromatic nitrogens is 1. The molecule has 4 rings (SSSR count). The molecule has 2 aliphatic rings. The third kappa shape index (κ3) is 2.30. The minimum atomic E-state index is 0.123. The van der Waals surface area contributed by atoms with Gasteiger partial charge in [0, 0.05) is 22.7 Å². The molecule has 2 unspecified atom stereocenters. The Balaban J connectivity index is 1.63. The first-order valence-electron chi connectivity index (χ1n) is 7.97. The third-order valence-electron chi connectivity index (χ3n) is 5.08. The molecule has 0 saturated carbocycles. The summed E-state index contributed by atoms with van der Waals surface area (Å²) in [6.45, 7) is 0. The van der Waals surface area contributed by atoms with E-state index in [0.29, 0.717) is 23.0 Å². The normalized spacial score (nSPS) is 27.3. The summed E-state index contributed by atoms with van der Waals surface area (Å²) < 4.78 is 0. The highest BCUT2D eigenvalue weighted by Crippen LogP contribution is 2.40. The van der Waals surface area contributed by atoms with Crippen LogP contribution in [0.15, 0.2) is 36.4 Å². The van der Waals surface area contributed by atoms with Crippen molar-refractivity contribution in [3.63, 3.8) is 0 Å². The molecule has 2 atom stereocenters. The van der Waals surface area contributed by atoms with Crippen LogP contribution in [0.4, 0.5) is 0 Å². The molecule has 2 aromatic rings. The Kier molecular flexibility index (Phi) is 3.57. The fraction of sp³-hybridized carbons (Fsp3) is 0.444. The largest absolute Gasteiger partial charge is 0.331 e. The number of benzene rings is 1. The Hall–Kier alpha value is -1.55. The molecular weight excluding hydrogens is 292 g/mol. The SMILES string of the molecule is CSC1CC2CCC(C1)N2C(=O)c1ccc2ccccc2n1. The van der Waals surface area contributed by atoms with Gasteiger partial charge in [0.2, 0.25) is 0 Å². The minimum absolute atomic E-state index is 0.123. The molecule has 2 aliphatic heterocycles. The van der Waals surface area contributed by atoms with Gasteiger partial charge in [-0.1, -0.05) is 24.3 Å². The molecule has 2 bridgehead atoms. The predicted octanol–water partition coefficient (Wildman–Crippen LogP) is 3.73. The highest BCUT2D eigenvalue weighted by Gasteiger charge is 2.43. The lowest BCUT2D eigenvalue weighted by molar-refractivity contribution is 0.0596. The van der Waals surface area contributed by atoms with Crippen LogP contribution in [-0.2, 0) is 0 Å². The molecule has 1 aromatic carbocycles. The van der Waals surface area contributed by atoms with Crippen LogP contribution in [0.1, 0.15) is 36.2 Å². The summed E-state index contributed by atoms with van der Waals surface area (Å²) in [5, 5.41) is 1.80. The van der Waals surface area contributed by atoms with Gasteiger partial charge in [-0.2, -0.15) is 11.8 Å². The number of thioether (sulfide) groups is 1. The number of rotatable bonds is 2. The van der Waals surface area contributed by atoms with E-state index >= 15 is 0 Å². The summed E-state index contributed by atoms with van der Waals surface area (Å²) in [6.07, 6.45) is 6.77. The lowest BCUT2D eigenvalue weighted by Gasteiger charge is -2.38. The number of hydrogen-bond donors (Lipinski definition) is 0. The molecule has 3 nitrogen and oxygen atoms in total. The Bertz CT molecular complexity index is 703. The second-order valence-corrected chi connectivity index (χ2v) is 7.45. The Morgan fingerprint density at radius 1 is 1.14 bits per heavy atom. The molecule has 0 radical (unpaired) electrons. The van der Waals surface area contributed by atoms with E-state index in [1.807, 2.05) is 48.2 Å². The zero-order valence-electron chi connectivity index (χ0n) is 12.7. The summed E-state index contributed by atoms with van der Waals surface area (Å²) in [5.74, 6) is 0.123. The van der Waals surface area contributed by atoms with Crippen molar-refractivity contribution in [2.75, 3.05) is 6.26 Å². The van der Waals surface area contributed by atoms with Gasteiger partial charge in [-0.15, -0.1) is 0 Å². The number of pyridine rings is 1. The summed E-state index contributed by atoms with van der Waals surface area (Å²) in [6, 6.07) is 12.7. The molecule has 22 heavy (non-hydrogen) atoms. The van der Waals surface area contributed by atoms with Crippen LogP contribution in [0.3, 0.4) is 0 Å². The molecule has 4 heteroatoms. The molecular formula is C18H20N2OS. The van der Waals surface area contributed by atoms with Gasteiger partial charge >= 0.3 is 0 Å². The molecule has 2 saturated heterocycles. The number of fused-ring (bicyclic) bond motifs is 3. The van der Waals surface area contributed by atoms with Crippen molar-refractivity contribution in [1.82, 2.24) is 9.88 Å². The lowest BCUT2D eigenvalue weighted by atomic mass is 10.0. The number of para-hydroxylation sites is 1. The molecule has 114 valence electrons. The van der Waals surface area contributed by atoms with E-state index in [2.05, 4.69) is 16.1 Å². The van der Waals surface area contributed by atoms with Gasteiger partial charge in [-0.25, -0.2) is 4.98 Å². The van der Waals surface area contributed by atoms with E-state index in [9.17, 15) is 4.79 Å². The summed E-state index contributed by atoms with van der Waals surface area (Å²) >= 11 is 1.95. The maximum atomic E-state index is 13.0. The number of hydrogen-bond acceptors (Lipinski definition) is 3. The second-order valence-electron chi connectivity index (χ2n) is 6.32. The molecule has 0 aliphatic carbocycles. The van der Waals surface area contributed by atoms with Crippen LogP contribution in [0.2, 0.25) is 0 Å². The average molecular weight is 312 g/mol. The fourth-order valence-electron chi connectivity index (χ4n) is 3.97. The Morgan fingerprint density at radius 2 is 1.86 bits per heavy atom. The van der Waals surface area contributed by atoms with Gasteiger partial charge in [0.05, 0.1) is 5.52 Å². The highest BCUT2D eigenvalue weighted by atomic mass is 32.2. The summed E-state index contributed by atoms with van der Waals surface area (Å²) in [5.41, 5.74) is 1.50. The van der Waals surface area contributed by atoms with Crippen molar-refractivity contribution < 1.29 is 4.79 Å². The smallest absolute Gasteiger partial charge is 0.272 e. The van der Waals surface area contributed by atoms with Gasteiger partial charge < -0.3 is 4.90 Å². The first-order chi connectivity index (χ1) is 10.8. The van der Waals surface area contributed by atoms with Crippen molar-refractivity contribution in [2.24, 2.45) is 0 Å². The van der Waals surface area contributed by atoms with Crippen molar-refractivity contribution in [3.8, 4) is 0 Å². The van der Waals surface area contributed by atoms with Crippen LogP contribution < -0.4 is 0 Å². The van der Waals surface area contributed by atoms with Crippen LogP contribution >= 0.6 is 11.8 Å². The zero-order valence-corrected chi connectivity index (χ0v) is 13.6. The maximum absolute atomic E-state index is 13.0. The molecule has 2 fully saturated rings. The van der Waals surface area contributed by atoms with E-state index in [4.69, 9.17) is 0 Å². The molecule has 3 heterocycles. The van der Waals surface area contributed by atoms with Crippen molar-refractivity contribution in [1.29, 1.82) is 0 Å². The summed E-state index contributed by atoms with van der Waals surface area (Å²) in [7, 11) is 0. The summed E-state index contributed by atoms with van der Waals surface area (Å²) in [4.78, 5) is 19.7. The van der Waals surface area contributed by atoms with Crippen LogP contribution in [-0.4, -0.2) is 39.4 Å². The van der Waals surface area contributed by atoms with Crippen LogP contribution in [0.5, 0.6) is 0 Å². The van der Waals surface area contributed by atoms with Gasteiger partial charge in [0.1, 0.15) is 5.69 Å². The van der Waals surface area contributed by atoms with E-state index in [1.54, 1.807) is 0 Å². The first-order valence-corrected chi connectivity index (χ1v) is 9.26. The zero-order chi connectivity index (χ0) is 15.1. The van der Waals surface area contributed by atoms with E-state index in [0.717, 1.165) is 36.6 Å². The van der Waals surface area contributed by atoms with Crippen LogP contribution in [0, 0.1) is 0 Å². The van der Waals surface area contributed by atoms with Gasteiger partial charge in [-0.05, 0) is 44.1 Å². The fourth-order valence-corrected chi connectivity index (χ4v) is 4.80. The van der Waals surface area contributed by atoms with E-state index < -0.39 is 0 Å². The minimum Gasteiger partial charge on any atom is -0.331 e. The average Bonchev–Trinajstić information content (AvgIpc) is 2.83. The lowest BCUT2D eigenvalue weighted by Crippen LogP contribution is -2.47. The molecule has 0 spiro atoms. The first kappa shape index (κ1) is 14.1.